The Labute approximate surface area is 122 Å². The number of amides is 1. The monoisotopic (exact) mass is 290 g/mol. The van der Waals surface area contributed by atoms with Gasteiger partial charge < -0.3 is 10.2 Å². The van der Waals surface area contributed by atoms with Gasteiger partial charge in [0.25, 0.3) is 0 Å². The third-order valence-corrected chi connectivity index (χ3v) is 4.86. The van der Waals surface area contributed by atoms with Gasteiger partial charge in [0.15, 0.2) is 0 Å². The van der Waals surface area contributed by atoms with Crippen LogP contribution in [0.1, 0.15) is 25.1 Å². The van der Waals surface area contributed by atoms with E-state index in [0.29, 0.717) is 13.0 Å². The number of nitrogens with one attached hydrogen (secondary N) is 1. The Hall–Kier alpha value is -1.69. The predicted octanol–water partition coefficient (Wildman–Crippen LogP) is 1.97. The smallest absolute Gasteiger partial charge is 0.222 e. The van der Waals surface area contributed by atoms with Crippen LogP contribution in [0.2, 0.25) is 0 Å². The number of anilines is 1. The normalized spacial score (nSPS) is 20.0. The molecule has 0 bridgehead atoms. The van der Waals surface area contributed by atoms with Gasteiger partial charge in [-0.2, -0.15) is 0 Å². The fraction of sp³-hybridized carbons (Fsp3) is 0.500. The van der Waals surface area contributed by atoms with Gasteiger partial charge in [-0.15, -0.1) is 11.3 Å². The second kappa shape index (κ2) is 5.36. The summed E-state index contributed by atoms with van der Waals surface area (Å²) in [5.41, 5.74) is 0. The first kappa shape index (κ1) is 13.3. The zero-order chi connectivity index (χ0) is 14.1. The molecule has 0 spiro atoms. The van der Waals surface area contributed by atoms with E-state index in [1.807, 2.05) is 0 Å². The van der Waals surface area contributed by atoms with Gasteiger partial charge in [0.05, 0.1) is 5.39 Å². The lowest BCUT2D eigenvalue weighted by molar-refractivity contribution is -0.120. The van der Waals surface area contributed by atoms with Crippen molar-refractivity contribution in [2.75, 3.05) is 18.0 Å². The predicted molar refractivity (Wildman–Crippen MR) is 81.2 cm³/mol. The third-order valence-electron chi connectivity index (χ3n) is 3.67. The summed E-state index contributed by atoms with van der Waals surface area (Å²) in [5.74, 6) is 1.07. The fourth-order valence-electron chi connectivity index (χ4n) is 2.60. The lowest BCUT2D eigenvalue weighted by Gasteiger charge is -2.27. The maximum absolute atomic E-state index is 11.6. The lowest BCUT2D eigenvalue weighted by atomic mass is 10.2. The van der Waals surface area contributed by atoms with E-state index >= 15 is 0 Å². The second-order valence-electron chi connectivity index (χ2n) is 5.08. The standard InChI is InChI=1S/C14H18N4OS/c1-3-10-7-11-13(16-8-17-14(11)20-10)18-5-4-15-12(19)6-9(18)2/h7-9H,3-6H2,1-2H3,(H,15,19)/t9-/m0/s1. The molecule has 6 heteroatoms. The molecule has 2 aromatic heterocycles. The number of fused-ring (bicyclic) bond motifs is 1. The van der Waals surface area contributed by atoms with Crippen LogP contribution < -0.4 is 10.2 Å². The minimum absolute atomic E-state index is 0.116. The highest BCUT2D eigenvalue weighted by molar-refractivity contribution is 7.18. The molecule has 1 atom stereocenters. The maximum Gasteiger partial charge on any atom is 0.222 e. The first-order chi connectivity index (χ1) is 9.69. The zero-order valence-electron chi connectivity index (χ0n) is 11.7. The third kappa shape index (κ3) is 2.35. The molecule has 2 aromatic rings. The molecule has 106 valence electrons. The minimum atomic E-state index is 0.116. The molecule has 1 aliphatic rings. The van der Waals surface area contributed by atoms with Crippen molar-refractivity contribution in [3.05, 3.63) is 17.3 Å². The average molecular weight is 290 g/mol. The molecular formula is C14H18N4OS. The molecule has 0 radical (unpaired) electrons. The van der Waals surface area contributed by atoms with Crippen molar-refractivity contribution in [3.63, 3.8) is 0 Å². The Morgan fingerprint density at radius 2 is 2.35 bits per heavy atom. The van der Waals surface area contributed by atoms with Gasteiger partial charge in [0.1, 0.15) is 17.0 Å². The number of rotatable bonds is 2. The van der Waals surface area contributed by atoms with Crippen LogP contribution in [0, 0.1) is 0 Å². The van der Waals surface area contributed by atoms with Crippen LogP contribution in [0.4, 0.5) is 5.82 Å². The van der Waals surface area contributed by atoms with Gasteiger partial charge in [0, 0.05) is 30.4 Å². The van der Waals surface area contributed by atoms with Crippen molar-refractivity contribution in [3.8, 4) is 0 Å². The molecule has 1 fully saturated rings. The van der Waals surface area contributed by atoms with Crippen molar-refractivity contribution in [1.82, 2.24) is 15.3 Å². The molecule has 3 heterocycles. The molecule has 1 saturated heterocycles. The van der Waals surface area contributed by atoms with E-state index < -0.39 is 0 Å². The van der Waals surface area contributed by atoms with Crippen LogP contribution in [-0.2, 0) is 11.2 Å². The van der Waals surface area contributed by atoms with Gasteiger partial charge in [0.2, 0.25) is 5.91 Å². The van der Waals surface area contributed by atoms with Gasteiger partial charge >= 0.3 is 0 Å². The number of nitrogens with zero attached hydrogens (tertiary/aromatic N) is 3. The van der Waals surface area contributed by atoms with Crippen LogP contribution in [0.25, 0.3) is 10.2 Å². The number of aromatic nitrogens is 2. The van der Waals surface area contributed by atoms with Crippen molar-refractivity contribution in [2.45, 2.75) is 32.7 Å². The topological polar surface area (TPSA) is 58.1 Å². The van der Waals surface area contributed by atoms with Crippen molar-refractivity contribution < 1.29 is 4.79 Å². The summed E-state index contributed by atoms with van der Waals surface area (Å²) in [6.45, 7) is 5.68. The second-order valence-corrected chi connectivity index (χ2v) is 6.19. The number of hydrogen-bond donors (Lipinski definition) is 1. The van der Waals surface area contributed by atoms with Crippen LogP contribution in [-0.4, -0.2) is 35.0 Å². The molecule has 1 amide bonds. The molecule has 1 N–H and O–H groups in total. The average Bonchev–Trinajstić information content (AvgIpc) is 2.79. The summed E-state index contributed by atoms with van der Waals surface area (Å²) >= 11 is 1.72. The van der Waals surface area contributed by atoms with Crippen LogP contribution in [0.15, 0.2) is 12.4 Å². The first-order valence-electron chi connectivity index (χ1n) is 6.95. The molecule has 0 aliphatic carbocycles. The van der Waals surface area contributed by atoms with Crippen LogP contribution in [0.3, 0.4) is 0 Å². The van der Waals surface area contributed by atoms with E-state index in [9.17, 15) is 4.79 Å². The highest BCUT2D eigenvalue weighted by Gasteiger charge is 2.24. The molecule has 0 unspecified atom stereocenters. The van der Waals surface area contributed by atoms with E-state index in [4.69, 9.17) is 0 Å². The molecule has 3 rings (SSSR count). The summed E-state index contributed by atoms with van der Waals surface area (Å²) in [5, 5.41) is 4.02. The number of hydrogen-bond acceptors (Lipinski definition) is 5. The van der Waals surface area contributed by atoms with E-state index in [1.165, 1.54) is 4.88 Å². The highest BCUT2D eigenvalue weighted by Crippen LogP contribution is 2.31. The number of carbonyl (C=O) groups excluding carboxylic acids is 1. The maximum atomic E-state index is 11.6. The van der Waals surface area contributed by atoms with Gasteiger partial charge in [-0.1, -0.05) is 6.92 Å². The molecule has 20 heavy (non-hydrogen) atoms. The van der Waals surface area contributed by atoms with Crippen molar-refractivity contribution in [2.24, 2.45) is 0 Å². The fourth-order valence-corrected chi connectivity index (χ4v) is 3.53. The van der Waals surface area contributed by atoms with Crippen molar-refractivity contribution >= 4 is 33.3 Å². The molecule has 0 aromatic carbocycles. The van der Waals surface area contributed by atoms with Gasteiger partial charge in [-0.3, -0.25) is 4.79 Å². The Morgan fingerprint density at radius 1 is 1.50 bits per heavy atom. The quantitative estimate of drug-likeness (QED) is 0.918. The summed E-state index contributed by atoms with van der Waals surface area (Å²) in [7, 11) is 0. The van der Waals surface area contributed by atoms with E-state index in [1.54, 1.807) is 17.7 Å². The lowest BCUT2D eigenvalue weighted by Crippen LogP contribution is -2.35. The van der Waals surface area contributed by atoms with Crippen LogP contribution in [0.5, 0.6) is 0 Å². The van der Waals surface area contributed by atoms with Crippen molar-refractivity contribution in [1.29, 1.82) is 0 Å². The number of aryl methyl sites for hydroxylation is 1. The zero-order valence-corrected chi connectivity index (χ0v) is 12.5. The summed E-state index contributed by atoms with van der Waals surface area (Å²) in [6, 6.07) is 2.34. The van der Waals surface area contributed by atoms with E-state index in [-0.39, 0.29) is 11.9 Å². The summed E-state index contributed by atoms with van der Waals surface area (Å²) in [4.78, 5) is 25.0. The minimum Gasteiger partial charge on any atom is -0.354 e. The van der Waals surface area contributed by atoms with Gasteiger partial charge in [-0.05, 0) is 19.4 Å². The molecule has 0 saturated carbocycles. The van der Waals surface area contributed by atoms with E-state index in [0.717, 1.165) is 29.0 Å². The molecule has 5 nitrogen and oxygen atoms in total. The summed E-state index contributed by atoms with van der Waals surface area (Å²) < 4.78 is 0. The molecular weight excluding hydrogens is 272 g/mol. The largest absolute Gasteiger partial charge is 0.354 e. The highest BCUT2D eigenvalue weighted by atomic mass is 32.1. The Morgan fingerprint density at radius 3 is 3.15 bits per heavy atom. The number of carbonyl (C=O) groups is 1. The molecule has 1 aliphatic heterocycles. The summed E-state index contributed by atoms with van der Waals surface area (Å²) in [6.07, 6.45) is 3.15. The van der Waals surface area contributed by atoms with E-state index in [2.05, 4.69) is 40.1 Å². The van der Waals surface area contributed by atoms with Crippen LogP contribution >= 0.6 is 11.3 Å². The Balaban J connectivity index is 2.04. The SMILES string of the molecule is CCc1cc2c(N3CCNC(=O)C[C@@H]3C)ncnc2s1. The number of thiophene rings is 1. The van der Waals surface area contributed by atoms with Gasteiger partial charge in [-0.25, -0.2) is 9.97 Å². The Bertz CT molecular complexity index is 639. The Kier molecular flexibility index (Phi) is 3.56. The first-order valence-corrected chi connectivity index (χ1v) is 7.77.